The molecule has 0 unspecified atom stereocenters. The number of aromatic nitrogens is 3. The van der Waals surface area contributed by atoms with E-state index in [1.807, 2.05) is 23.7 Å². The smallest absolute Gasteiger partial charge is 0.251 e. The molecule has 2 aromatic heterocycles. The molecule has 0 aliphatic heterocycles. The Morgan fingerprint density at radius 1 is 1.26 bits per heavy atom. The van der Waals surface area contributed by atoms with Gasteiger partial charge in [0.05, 0.1) is 16.7 Å². The maximum atomic E-state index is 13.2. The number of allylic oxidation sites excluding steroid dienone is 2. The van der Waals surface area contributed by atoms with E-state index in [4.69, 9.17) is 9.72 Å². The van der Waals surface area contributed by atoms with Crippen LogP contribution < -0.4 is 10.6 Å². The molecule has 0 radical (unpaired) electrons. The van der Waals surface area contributed by atoms with Gasteiger partial charge in [0.15, 0.2) is 0 Å². The second kappa shape index (κ2) is 8.30. The Labute approximate surface area is 203 Å². The average Bonchev–Trinajstić information content (AvgIpc) is 3.41. The molecule has 6 rings (SSSR count). The molecule has 2 amide bonds. The Hall–Kier alpha value is -3.52. The van der Waals surface area contributed by atoms with Gasteiger partial charge in [-0.2, -0.15) is 0 Å². The molecule has 8 heteroatoms. The number of aryl methyl sites for hydroxylation is 1. The van der Waals surface area contributed by atoms with Gasteiger partial charge in [0.1, 0.15) is 12.4 Å². The van der Waals surface area contributed by atoms with Gasteiger partial charge in [-0.3, -0.25) is 14.6 Å². The lowest BCUT2D eigenvalue weighted by Crippen LogP contribution is -2.31. The van der Waals surface area contributed by atoms with E-state index in [0.717, 1.165) is 17.5 Å². The fourth-order valence-electron chi connectivity index (χ4n) is 6.33. The van der Waals surface area contributed by atoms with Crippen molar-refractivity contribution in [2.24, 2.45) is 30.2 Å². The predicted octanol–water partition coefficient (Wildman–Crippen LogP) is 3.55. The number of fused-ring (bicyclic) bond motifs is 1. The number of carbonyl (C=O) groups is 2. The van der Waals surface area contributed by atoms with Gasteiger partial charge in [0.25, 0.3) is 5.91 Å². The monoisotopic (exact) mass is 471 g/mol. The van der Waals surface area contributed by atoms with Crippen molar-refractivity contribution >= 4 is 28.5 Å². The first kappa shape index (κ1) is 22.0. The summed E-state index contributed by atoms with van der Waals surface area (Å²) in [7, 11) is 3.36. The van der Waals surface area contributed by atoms with Crippen LogP contribution in [0.1, 0.15) is 29.6 Å². The quantitative estimate of drug-likeness (QED) is 0.514. The number of benzene rings is 1. The maximum absolute atomic E-state index is 13.2. The van der Waals surface area contributed by atoms with Gasteiger partial charge in [0.2, 0.25) is 5.91 Å². The van der Waals surface area contributed by atoms with Gasteiger partial charge in [0, 0.05) is 44.2 Å². The molecule has 8 nitrogen and oxygen atoms in total. The molecule has 2 bridgehead atoms. The van der Waals surface area contributed by atoms with Gasteiger partial charge < -0.3 is 19.9 Å². The third-order valence-corrected chi connectivity index (χ3v) is 8.07. The summed E-state index contributed by atoms with van der Waals surface area (Å²) in [4.78, 5) is 34.6. The fraction of sp³-hybridized carbons (Fsp3) is 0.407. The first-order valence-electron chi connectivity index (χ1n) is 12.2. The Bertz CT molecular complexity index is 1340. The van der Waals surface area contributed by atoms with E-state index in [0.29, 0.717) is 52.3 Å². The van der Waals surface area contributed by atoms with Crippen molar-refractivity contribution in [3.8, 4) is 11.4 Å². The van der Waals surface area contributed by atoms with E-state index < -0.39 is 0 Å². The zero-order valence-corrected chi connectivity index (χ0v) is 20.0. The number of ether oxygens (including phenoxy) is 1. The standard InChI is InChI=1S/C27H29N5O3/c1-32-24-21(30-23(33)15-35-2)11-17(12-22(24)31-25(32)16-4-3-9-28-13-16)26(34)29-14-18-10-19-5-6-20(18)27(19)7-8-27/h3-6,9,11-13,18-20H,7-8,10,14-15H2,1-2H3,(H,29,34)(H,30,33)/t18-,19-,20-/m0/s1. The fourth-order valence-corrected chi connectivity index (χ4v) is 6.33. The molecule has 3 aliphatic rings. The number of methoxy groups -OCH3 is 1. The van der Waals surface area contributed by atoms with E-state index in [1.54, 1.807) is 24.5 Å². The number of nitrogens with one attached hydrogen (secondary N) is 2. The summed E-state index contributed by atoms with van der Waals surface area (Å²) < 4.78 is 6.89. The van der Waals surface area contributed by atoms with E-state index in [2.05, 4.69) is 27.8 Å². The number of nitrogens with zero attached hydrogens (tertiary/aromatic N) is 3. The van der Waals surface area contributed by atoms with Crippen LogP contribution in [0, 0.1) is 23.2 Å². The molecule has 0 saturated heterocycles. The minimum Gasteiger partial charge on any atom is -0.375 e. The molecular weight excluding hydrogens is 442 g/mol. The van der Waals surface area contributed by atoms with Gasteiger partial charge in [-0.1, -0.05) is 12.2 Å². The second-order valence-electron chi connectivity index (χ2n) is 10.1. The normalized spacial score (nSPS) is 23.2. The molecular formula is C27H29N5O3. The summed E-state index contributed by atoms with van der Waals surface area (Å²) >= 11 is 0. The highest BCUT2D eigenvalue weighted by molar-refractivity contribution is 6.06. The topological polar surface area (TPSA) is 98.1 Å². The summed E-state index contributed by atoms with van der Waals surface area (Å²) in [5.74, 6) is 2.03. The van der Waals surface area contributed by atoms with Crippen LogP contribution in [-0.2, 0) is 16.6 Å². The number of imidazole rings is 1. The van der Waals surface area contributed by atoms with E-state index in [9.17, 15) is 9.59 Å². The zero-order valence-electron chi connectivity index (χ0n) is 20.0. The third kappa shape index (κ3) is 3.63. The predicted molar refractivity (Wildman–Crippen MR) is 133 cm³/mol. The molecule has 3 atom stereocenters. The van der Waals surface area contributed by atoms with Crippen LogP contribution in [0.15, 0.2) is 48.8 Å². The van der Waals surface area contributed by atoms with Crippen molar-refractivity contribution in [3.05, 3.63) is 54.4 Å². The Morgan fingerprint density at radius 2 is 2.11 bits per heavy atom. The summed E-state index contributed by atoms with van der Waals surface area (Å²) in [5, 5.41) is 6.06. The molecule has 1 aromatic carbocycles. The van der Waals surface area contributed by atoms with Crippen LogP contribution in [0.4, 0.5) is 5.69 Å². The summed E-state index contributed by atoms with van der Waals surface area (Å²) in [6.07, 6.45) is 12.0. The van der Waals surface area contributed by atoms with Crippen molar-refractivity contribution in [2.75, 3.05) is 25.6 Å². The lowest BCUT2D eigenvalue weighted by molar-refractivity contribution is -0.119. The van der Waals surface area contributed by atoms with Crippen molar-refractivity contribution in [1.82, 2.24) is 19.9 Å². The molecule has 2 heterocycles. The van der Waals surface area contributed by atoms with Gasteiger partial charge in [-0.25, -0.2) is 4.98 Å². The zero-order chi connectivity index (χ0) is 24.2. The Kier molecular flexibility index (Phi) is 5.21. The number of rotatable bonds is 7. The first-order chi connectivity index (χ1) is 17.0. The van der Waals surface area contributed by atoms with Gasteiger partial charge in [-0.15, -0.1) is 0 Å². The summed E-state index contributed by atoms with van der Waals surface area (Å²) in [6.45, 7) is 0.587. The number of hydrogen-bond donors (Lipinski definition) is 2. The van der Waals surface area contributed by atoms with E-state index >= 15 is 0 Å². The minimum atomic E-state index is -0.293. The molecule has 3 aromatic rings. The van der Waals surface area contributed by atoms with Gasteiger partial charge in [-0.05, 0) is 66.7 Å². The molecule has 2 fully saturated rings. The summed E-state index contributed by atoms with van der Waals surface area (Å²) in [5.41, 5.74) is 3.72. The number of anilines is 1. The number of amides is 2. The lowest BCUT2D eigenvalue weighted by Gasteiger charge is -2.20. The minimum absolute atomic E-state index is 0.0786. The Morgan fingerprint density at radius 3 is 2.83 bits per heavy atom. The highest BCUT2D eigenvalue weighted by atomic mass is 16.5. The first-order valence-corrected chi connectivity index (χ1v) is 12.2. The van der Waals surface area contributed by atoms with E-state index in [-0.39, 0.29) is 18.4 Å². The largest absolute Gasteiger partial charge is 0.375 e. The van der Waals surface area contributed by atoms with Crippen molar-refractivity contribution in [3.63, 3.8) is 0 Å². The molecule has 3 aliphatic carbocycles. The summed E-state index contributed by atoms with van der Waals surface area (Å²) in [6, 6.07) is 7.30. The molecule has 2 saturated carbocycles. The van der Waals surface area contributed by atoms with Crippen LogP contribution in [0.5, 0.6) is 0 Å². The number of carbonyl (C=O) groups excluding carboxylic acids is 2. The van der Waals surface area contributed by atoms with Crippen molar-refractivity contribution in [1.29, 1.82) is 0 Å². The average molecular weight is 472 g/mol. The van der Waals surface area contributed by atoms with Crippen LogP contribution in [-0.4, -0.2) is 46.6 Å². The second-order valence-corrected chi connectivity index (χ2v) is 10.1. The van der Waals surface area contributed by atoms with Crippen LogP contribution >= 0.6 is 0 Å². The number of hydrogen-bond acceptors (Lipinski definition) is 5. The lowest BCUT2D eigenvalue weighted by atomic mass is 9.89. The molecule has 180 valence electrons. The maximum Gasteiger partial charge on any atom is 0.251 e. The Balaban J connectivity index is 1.30. The molecule has 2 N–H and O–H groups in total. The number of pyridine rings is 1. The molecule has 35 heavy (non-hydrogen) atoms. The van der Waals surface area contributed by atoms with Crippen LogP contribution in [0.25, 0.3) is 22.4 Å². The van der Waals surface area contributed by atoms with Crippen molar-refractivity contribution in [2.45, 2.75) is 19.3 Å². The van der Waals surface area contributed by atoms with E-state index in [1.165, 1.54) is 20.0 Å². The SMILES string of the molecule is COCC(=O)Nc1cc(C(=O)NC[C@@H]2C[C@@H]3C=C[C@@H]2C32CC2)cc2nc(-c3cccnc3)n(C)c12. The highest BCUT2D eigenvalue weighted by Gasteiger charge is 2.62. The van der Waals surface area contributed by atoms with Crippen molar-refractivity contribution < 1.29 is 14.3 Å². The highest BCUT2D eigenvalue weighted by Crippen LogP contribution is 2.69. The third-order valence-electron chi connectivity index (χ3n) is 8.07. The van der Waals surface area contributed by atoms with Crippen LogP contribution in [0.3, 0.4) is 0 Å². The van der Waals surface area contributed by atoms with Gasteiger partial charge >= 0.3 is 0 Å². The molecule has 1 spiro atoms. The van der Waals surface area contributed by atoms with Crippen LogP contribution in [0.2, 0.25) is 0 Å².